The normalized spacial score (nSPS) is 13.3. The molecule has 166 valence electrons. The molecule has 0 bridgehead atoms. The van der Waals surface area contributed by atoms with Crippen LogP contribution in [0, 0.1) is 0 Å². The van der Waals surface area contributed by atoms with Crippen LogP contribution in [0.25, 0.3) is 0 Å². The molecule has 0 saturated heterocycles. The van der Waals surface area contributed by atoms with E-state index in [1.807, 2.05) is 12.1 Å². The first-order chi connectivity index (χ1) is 15.4. The zero-order valence-electron chi connectivity index (χ0n) is 17.1. The van der Waals surface area contributed by atoms with Gasteiger partial charge in [-0.3, -0.25) is 9.10 Å². The number of amides is 1. The van der Waals surface area contributed by atoms with Gasteiger partial charge in [0.05, 0.1) is 17.2 Å². The molecule has 0 saturated carbocycles. The zero-order chi connectivity index (χ0) is 22.7. The van der Waals surface area contributed by atoms with Crippen molar-refractivity contribution in [2.75, 3.05) is 22.8 Å². The number of hydrogen-bond donors (Lipinski definition) is 1. The van der Waals surface area contributed by atoms with Crippen LogP contribution in [0.5, 0.6) is 0 Å². The smallest absolute Gasteiger partial charge is 0.362 e. The number of nitrogens with one attached hydrogen (secondary N) is 1. The highest BCUT2D eigenvalue weighted by Crippen LogP contribution is 2.32. The van der Waals surface area contributed by atoms with E-state index in [1.54, 1.807) is 19.1 Å². The molecule has 0 radical (unpaired) electrons. The van der Waals surface area contributed by atoms with Gasteiger partial charge in [0.25, 0.3) is 15.9 Å². The van der Waals surface area contributed by atoms with Gasteiger partial charge < -0.3 is 10.1 Å². The van der Waals surface area contributed by atoms with Crippen molar-refractivity contribution < 1.29 is 22.7 Å². The Balaban J connectivity index is 1.60. The van der Waals surface area contributed by atoms with Gasteiger partial charge in [-0.05, 0) is 49.6 Å². The maximum Gasteiger partial charge on any atom is 0.362 e. The number of benzene rings is 2. The van der Waals surface area contributed by atoms with Crippen LogP contribution < -0.4 is 9.62 Å². The summed E-state index contributed by atoms with van der Waals surface area (Å²) in [6.07, 6.45) is 1.53. The van der Waals surface area contributed by atoms with E-state index in [0.717, 1.165) is 23.5 Å². The standard InChI is InChI=1S/C21H20N4O5S2/c1-2-30-21(27)18-20(31-24-23-18)22-19(26)15-8-5-10-16(13-15)32(28,29)25-12-6-9-14-7-3-4-11-17(14)25/h3-5,7-8,10-11,13H,2,6,9,12H2,1H3,(H,22,26). The molecule has 2 aromatic carbocycles. The van der Waals surface area contributed by atoms with E-state index in [0.29, 0.717) is 18.7 Å². The monoisotopic (exact) mass is 472 g/mol. The average Bonchev–Trinajstić information content (AvgIpc) is 3.27. The summed E-state index contributed by atoms with van der Waals surface area (Å²) >= 11 is 0.831. The molecule has 9 nitrogen and oxygen atoms in total. The molecule has 1 aliphatic heterocycles. The van der Waals surface area contributed by atoms with Crippen molar-refractivity contribution in [1.82, 2.24) is 9.59 Å². The first-order valence-corrected chi connectivity index (χ1v) is 12.1. The van der Waals surface area contributed by atoms with Crippen LogP contribution in [0.4, 0.5) is 10.7 Å². The summed E-state index contributed by atoms with van der Waals surface area (Å²) in [6, 6.07) is 13.2. The van der Waals surface area contributed by atoms with Crippen molar-refractivity contribution in [1.29, 1.82) is 0 Å². The number of sulfonamides is 1. The van der Waals surface area contributed by atoms with Gasteiger partial charge in [0.15, 0.2) is 5.00 Å². The molecule has 3 aromatic rings. The lowest BCUT2D eigenvalue weighted by atomic mass is 10.0. The molecule has 0 unspecified atom stereocenters. The summed E-state index contributed by atoms with van der Waals surface area (Å²) in [6.45, 7) is 2.18. The third-order valence-electron chi connectivity index (χ3n) is 4.94. The minimum Gasteiger partial charge on any atom is -0.461 e. The minimum atomic E-state index is -3.87. The molecule has 1 N–H and O–H groups in total. The molecule has 1 aliphatic rings. The molecule has 32 heavy (non-hydrogen) atoms. The number of anilines is 2. The lowest BCUT2D eigenvalue weighted by Crippen LogP contribution is -2.35. The number of esters is 1. The second kappa shape index (κ2) is 9.05. The Bertz CT molecular complexity index is 1270. The molecular formula is C21H20N4O5S2. The van der Waals surface area contributed by atoms with Crippen LogP contribution in [0.2, 0.25) is 0 Å². The fourth-order valence-corrected chi connectivity index (χ4v) is 5.60. The van der Waals surface area contributed by atoms with Gasteiger partial charge in [0.2, 0.25) is 5.69 Å². The number of aromatic nitrogens is 2. The fourth-order valence-electron chi connectivity index (χ4n) is 3.45. The number of hydrogen-bond acceptors (Lipinski definition) is 8. The van der Waals surface area contributed by atoms with Crippen molar-refractivity contribution in [2.45, 2.75) is 24.7 Å². The van der Waals surface area contributed by atoms with Crippen LogP contribution >= 0.6 is 11.5 Å². The highest BCUT2D eigenvalue weighted by Gasteiger charge is 2.29. The Morgan fingerprint density at radius 1 is 1.19 bits per heavy atom. The van der Waals surface area contributed by atoms with Gasteiger partial charge >= 0.3 is 5.97 Å². The molecule has 0 atom stereocenters. The average molecular weight is 473 g/mol. The second-order valence-electron chi connectivity index (χ2n) is 6.96. The Morgan fingerprint density at radius 3 is 2.81 bits per heavy atom. The quantitative estimate of drug-likeness (QED) is 0.548. The van der Waals surface area contributed by atoms with Gasteiger partial charge in [-0.2, -0.15) is 0 Å². The summed E-state index contributed by atoms with van der Waals surface area (Å²) in [4.78, 5) is 24.7. The summed E-state index contributed by atoms with van der Waals surface area (Å²) in [7, 11) is -3.87. The molecule has 0 aliphatic carbocycles. The lowest BCUT2D eigenvalue weighted by Gasteiger charge is -2.30. The van der Waals surface area contributed by atoms with Crippen molar-refractivity contribution >= 4 is 44.1 Å². The predicted molar refractivity (Wildman–Crippen MR) is 120 cm³/mol. The maximum absolute atomic E-state index is 13.4. The second-order valence-corrected chi connectivity index (χ2v) is 9.58. The van der Waals surface area contributed by atoms with Crippen LogP contribution in [-0.4, -0.2) is 43.0 Å². The number of ether oxygens (including phenoxy) is 1. The molecule has 0 spiro atoms. The van der Waals surface area contributed by atoms with Crippen molar-refractivity contribution in [3.8, 4) is 0 Å². The Hall–Kier alpha value is -3.31. The zero-order valence-corrected chi connectivity index (χ0v) is 18.8. The Morgan fingerprint density at radius 2 is 2.00 bits per heavy atom. The number of carbonyl (C=O) groups excluding carboxylic acids is 2. The largest absolute Gasteiger partial charge is 0.461 e. The summed E-state index contributed by atoms with van der Waals surface area (Å²) in [5.41, 5.74) is 1.65. The Labute approximate surface area is 189 Å². The number of fused-ring (bicyclic) bond motifs is 1. The van der Waals surface area contributed by atoms with E-state index in [1.165, 1.54) is 28.6 Å². The third-order valence-corrected chi connectivity index (χ3v) is 7.39. The van der Waals surface area contributed by atoms with E-state index < -0.39 is 21.9 Å². The highest BCUT2D eigenvalue weighted by molar-refractivity contribution is 7.92. The molecule has 2 heterocycles. The molecule has 4 rings (SSSR count). The van der Waals surface area contributed by atoms with Gasteiger partial charge in [0.1, 0.15) is 0 Å². The number of carbonyl (C=O) groups is 2. The van der Waals surface area contributed by atoms with Gasteiger partial charge in [-0.25, -0.2) is 13.2 Å². The van der Waals surface area contributed by atoms with Crippen molar-refractivity contribution in [3.05, 3.63) is 65.4 Å². The first kappa shape index (κ1) is 21.9. The fraction of sp³-hybridized carbons (Fsp3) is 0.238. The number of nitrogens with zero attached hydrogens (tertiary/aromatic N) is 3. The predicted octanol–water partition coefficient (Wildman–Crippen LogP) is 3.11. The highest BCUT2D eigenvalue weighted by atomic mass is 32.2. The van der Waals surface area contributed by atoms with Gasteiger partial charge in [-0.1, -0.05) is 28.8 Å². The topological polar surface area (TPSA) is 119 Å². The third kappa shape index (κ3) is 4.21. The number of rotatable bonds is 6. The van der Waals surface area contributed by atoms with Crippen LogP contribution in [0.15, 0.2) is 53.4 Å². The molecular weight excluding hydrogens is 452 g/mol. The van der Waals surface area contributed by atoms with E-state index in [2.05, 4.69) is 14.9 Å². The van der Waals surface area contributed by atoms with Gasteiger partial charge in [0, 0.05) is 23.6 Å². The maximum atomic E-state index is 13.4. The van der Waals surface area contributed by atoms with Crippen molar-refractivity contribution in [2.24, 2.45) is 0 Å². The van der Waals surface area contributed by atoms with Crippen molar-refractivity contribution in [3.63, 3.8) is 0 Å². The first-order valence-electron chi connectivity index (χ1n) is 9.93. The van der Waals surface area contributed by atoms with E-state index in [4.69, 9.17) is 4.74 Å². The minimum absolute atomic E-state index is 0.00917. The number of aryl methyl sites for hydroxylation is 1. The lowest BCUT2D eigenvalue weighted by molar-refractivity contribution is 0.0520. The van der Waals surface area contributed by atoms with Crippen LogP contribution in [0.1, 0.15) is 39.8 Å². The van der Waals surface area contributed by atoms with E-state index in [9.17, 15) is 18.0 Å². The summed E-state index contributed by atoms with van der Waals surface area (Å²) in [5, 5.41) is 6.39. The van der Waals surface area contributed by atoms with E-state index >= 15 is 0 Å². The molecule has 0 fully saturated rings. The van der Waals surface area contributed by atoms with Crippen LogP contribution in [0.3, 0.4) is 0 Å². The van der Waals surface area contributed by atoms with E-state index in [-0.39, 0.29) is 27.8 Å². The molecule has 11 heteroatoms. The summed E-state index contributed by atoms with van der Waals surface area (Å²) in [5.74, 6) is -1.28. The summed E-state index contributed by atoms with van der Waals surface area (Å²) < 4.78 is 36.7. The molecule has 1 aromatic heterocycles. The molecule has 1 amide bonds. The van der Waals surface area contributed by atoms with Crippen LogP contribution in [-0.2, 0) is 21.2 Å². The Kier molecular flexibility index (Phi) is 6.19. The SMILES string of the molecule is CCOC(=O)c1nnsc1NC(=O)c1cccc(S(=O)(=O)N2CCCc3ccccc32)c1. The number of para-hydroxylation sites is 1. The van der Waals surface area contributed by atoms with Gasteiger partial charge in [-0.15, -0.1) is 5.10 Å².